The van der Waals surface area contributed by atoms with E-state index in [-0.39, 0.29) is 18.4 Å². The molecule has 6 heteroatoms. The molecule has 0 atom stereocenters. The number of halogens is 1. The molecule has 0 saturated heterocycles. The maximum absolute atomic E-state index is 11.9. The maximum Gasteiger partial charge on any atom is 0.231 e. The van der Waals surface area contributed by atoms with Gasteiger partial charge >= 0.3 is 0 Å². The third kappa shape index (κ3) is 5.02. The number of benzene rings is 1. The van der Waals surface area contributed by atoms with Gasteiger partial charge in [0.05, 0.1) is 24.1 Å². The molecule has 1 aromatic carbocycles. The molecular formula is C15H17ClN2O2S. The maximum atomic E-state index is 11.9. The van der Waals surface area contributed by atoms with Crippen molar-refractivity contribution in [3.63, 3.8) is 0 Å². The van der Waals surface area contributed by atoms with Gasteiger partial charge in [-0.15, -0.1) is 22.9 Å². The van der Waals surface area contributed by atoms with Crippen LogP contribution in [-0.2, 0) is 17.1 Å². The fraction of sp³-hybridized carbons (Fsp3) is 0.333. The minimum absolute atomic E-state index is 0.0944. The van der Waals surface area contributed by atoms with Crippen LogP contribution < -0.4 is 10.1 Å². The van der Waals surface area contributed by atoms with E-state index < -0.39 is 0 Å². The number of nitrogens with zero attached hydrogens (tertiary/aromatic N) is 1. The summed E-state index contributed by atoms with van der Waals surface area (Å²) in [5.41, 5.74) is 1.55. The summed E-state index contributed by atoms with van der Waals surface area (Å²) in [7, 11) is 0. The van der Waals surface area contributed by atoms with Crippen molar-refractivity contribution in [3.05, 3.63) is 40.3 Å². The highest BCUT2D eigenvalue weighted by Crippen LogP contribution is 2.18. The predicted octanol–water partition coefficient (Wildman–Crippen LogP) is 3.85. The summed E-state index contributed by atoms with van der Waals surface area (Å²) in [5.74, 6) is 1.06. The minimum atomic E-state index is -0.0944. The number of thiazole rings is 1. The summed E-state index contributed by atoms with van der Waals surface area (Å²) >= 11 is 7.13. The molecule has 0 aliphatic heterocycles. The second-order valence-electron chi connectivity index (χ2n) is 4.78. The number of nitrogens with one attached hydrogen (secondary N) is 1. The van der Waals surface area contributed by atoms with Gasteiger partial charge in [-0.1, -0.05) is 0 Å². The number of ether oxygens (including phenoxy) is 1. The lowest BCUT2D eigenvalue weighted by Crippen LogP contribution is -2.14. The minimum Gasteiger partial charge on any atom is -0.491 e. The Balaban J connectivity index is 1.90. The van der Waals surface area contributed by atoms with Crippen molar-refractivity contribution in [1.29, 1.82) is 0 Å². The average Bonchev–Trinajstić information content (AvgIpc) is 2.88. The lowest BCUT2D eigenvalue weighted by atomic mass is 10.3. The molecule has 0 fully saturated rings. The molecule has 112 valence electrons. The first-order valence-corrected chi connectivity index (χ1v) is 8.04. The van der Waals surface area contributed by atoms with Crippen LogP contribution in [0.25, 0.3) is 0 Å². The summed E-state index contributed by atoms with van der Waals surface area (Å²) in [5, 5.41) is 5.47. The van der Waals surface area contributed by atoms with Crippen LogP contribution in [0.4, 0.5) is 5.69 Å². The van der Waals surface area contributed by atoms with Crippen molar-refractivity contribution in [3.8, 4) is 5.75 Å². The van der Waals surface area contributed by atoms with E-state index in [1.807, 2.05) is 43.5 Å². The molecule has 21 heavy (non-hydrogen) atoms. The summed E-state index contributed by atoms with van der Waals surface area (Å²) in [6.45, 7) is 3.94. The largest absolute Gasteiger partial charge is 0.491 e. The SMILES string of the molecule is CC(C)Oc1ccc(NC(=O)Cc2nc(CCl)cs2)cc1. The molecule has 2 rings (SSSR count). The smallest absolute Gasteiger partial charge is 0.231 e. The number of hydrogen-bond donors (Lipinski definition) is 1. The molecule has 1 heterocycles. The molecule has 0 saturated carbocycles. The van der Waals surface area contributed by atoms with Gasteiger partial charge in [0, 0.05) is 11.1 Å². The molecule has 1 N–H and O–H groups in total. The molecule has 1 amide bonds. The molecule has 0 aliphatic rings. The van der Waals surface area contributed by atoms with Crippen molar-refractivity contribution < 1.29 is 9.53 Å². The van der Waals surface area contributed by atoms with Gasteiger partial charge in [-0.3, -0.25) is 4.79 Å². The number of hydrogen-bond acceptors (Lipinski definition) is 4. The van der Waals surface area contributed by atoms with Crippen LogP contribution in [0.1, 0.15) is 24.5 Å². The number of anilines is 1. The highest BCUT2D eigenvalue weighted by Gasteiger charge is 2.08. The normalized spacial score (nSPS) is 10.7. The Labute approximate surface area is 133 Å². The molecule has 2 aromatic rings. The van der Waals surface area contributed by atoms with E-state index >= 15 is 0 Å². The Kier molecular flexibility index (Phi) is 5.59. The topological polar surface area (TPSA) is 51.2 Å². The van der Waals surface area contributed by atoms with Crippen molar-refractivity contribution >= 4 is 34.5 Å². The van der Waals surface area contributed by atoms with Gasteiger partial charge in [0.1, 0.15) is 10.8 Å². The Morgan fingerprint density at radius 3 is 2.67 bits per heavy atom. The van der Waals surface area contributed by atoms with Crippen LogP contribution in [0.3, 0.4) is 0 Å². The standard InChI is InChI=1S/C15H17ClN2O2S/c1-10(2)20-13-5-3-11(4-6-13)17-14(19)7-15-18-12(8-16)9-21-15/h3-6,9-10H,7-8H2,1-2H3,(H,17,19). The van der Waals surface area contributed by atoms with E-state index in [0.29, 0.717) is 5.88 Å². The predicted molar refractivity (Wildman–Crippen MR) is 86.2 cm³/mol. The molecular weight excluding hydrogens is 308 g/mol. The lowest BCUT2D eigenvalue weighted by Gasteiger charge is -2.10. The number of carbonyl (C=O) groups is 1. The summed E-state index contributed by atoms with van der Waals surface area (Å²) in [4.78, 5) is 16.2. The van der Waals surface area contributed by atoms with E-state index in [1.165, 1.54) is 11.3 Å². The molecule has 0 bridgehead atoms. The van der Waals surface area contributed by atoms with Gasteiger partial charge in [0.2, 0.25) is 5.91 Å². The van der Waals surface area contributed by atoms with Crippen LogP contribution in [0.15, 0.2) is 29.6 Å². The van der Waals surface area contributed by atoms with Gasteiger partial charge < -0.3 is 10.1 Å². The number of amides is 1. The number of carbonyl (C=O) groups excluding carboxylic acids is 1. The second kappa shape index (κ2) is 7.43. The van der Waals surface area contributed by atoms with Crippen LogP contribution >= 0.6 is 22.9 Å². The fourth-order valence-electron chi connectivity index (χ4n) is 1.72. The zero-order valence-corrected chi connectivity index (χ0v) is 13.5. The van der Waals surface area contributed by atoms with Gasteiger partial charge in [0.25, 0.3) is 0 Å². The van der Waals surface area contributed by atoms with E-state index in [9.17, 15) is 4.79 Å². The Hall–Kier alpha value is -1.59. The summed E-state index contributed by atoms with van der Waals surface area (Å²) in [6, 6.07) is 7.32. The van der Waals surface area contributed by atoms with Gasteiger partial charge in [-0.2, -0.15) is 0 Å². The molecule has 4 nitrogen and oxygen atoms in total. The molecule has 1 aromatic heterocycles. The van der Waals surface area contributed by atoms with Gasteiger partial charge in [-0.25, -0.2) is 4.98 Å². The molecule has 0 radical (unpaired) electrons. The first-order valence-electron chi connectivity index (χ1n) is 6.62. The van der Waals surface area contributed by atoms with Gasteiger partial charge in [0.15, 0.2) is 0 Å². The monoisotopic (exact) mass is 324 g/mol. The van der Waals surface area contributed by atoms with Crippen LogP contribution in [0.2, 0.25) is 0 Å². The van der Waals surface area contributed by atoms with Crippen LogP contribution in [-0.4, -0.2) is 17.0 Å². The first kappa shape index (κ1) is 15.8. The Bertz CT molecular complexity index is 596. The Morgan fingerprint density at radius 2 is 2.10 bits per heavy atom. The van der Waals surface area contributed by atoms with Crippen molar-refractivity contribution in [2.24, 2.45) is 0 Å². The highest BCUT2D eigenvalue weighted by atomic mass is 35.5. The second-order valence-corrected chi connectivity index (χ2v) is 5.99. The number of alkyl halides is 1. The zero-order valence-electron chi connectivity index (χ0n) is 11.9. The first-order chi connectivity index (χ1) is 10.1. The average molecular weight is 325 g/mol. The van der Waals surface area contributed by atoms with E-state index in [2.05, 4.69) is 10.3 Å². The van der Waals surface area contributed by atoms with E-state index in [1.54, 1.807) is 0 Å². The lowest BCUT2D eigenvalue weighted by molar-refractivity contribution is -0.115. The zero-order chi connectivity index (χ0) is 15.2. The highest BCUT2D eigenvalue weighted by molar-refractivity contribution is 7.09. The summed E-state index contributed by atoms with van der Waals surface area (Å²) in [6.07, 6.45) is 0.387. The van der Waals surface area contributed by atoms with Crippen molar-refractivity contribution in [2.45, 2.75) is 32.3 Å². The number of rotatable bonds is 6. The quantitative estimate of drug-likeness (QED) is 0.821. The van der Waals surface area contributed by atoms with Crippen molar-refractivity contribution in [1.82, 2.24) is 4.98 Å². The third-order valence-electron chi connectivity index (χ3n) is 2.56. The van der Waals surface area contributed by atoms with E-state index in [4.69, 9.17) is 16.3 Å². The Morgan fingerprint density at radius 1 is 1.38 bits per heavy atom. The molecule has 0 aliphatic carbocycles. The fourth-order valence-corrected chi connectivity index (χ4v) is 2.74. The number of aromatic nitrogens is 1. The van der Waals surface area contributed by atoms with Crippen molar-refractivity contribution in [2.75, 3.05) is 5.32 Å². The third-order valence-corrected chi connectivity index (χ3v) is 3.73. The van der Waals surface area contributed by atoms with E-state index in [0.717, 1.165) is 22.1 Å². The molecule has 0 unspecified atom stereocenters. The van der Waals surface area contributed by atoms with Crippen LogP contribution in [0.5, 0.6) is 5.75 Å². The van der Waals surface area contributed by atoms with Gasteiger partial charge in [-0.05, 0) is 38.1 Å². The molecule has 0 spiro atoms. The van der Waals surface area contributed by atoms with Crippen LogP contribution in [0, 0.1) is 0 Å². The summed E-state index contributed by atoms with van der Waals surface area (Å²) < 4.78 is 5.55.